The van der Waals surface area contributed by atoms with Gasteiger partial charge in [0.2, 0.25) is 0 Å². The highest BCUT2D eigenvalue weighted by molar-refractivity contribution is 14.0. The molecule has 7 heteroatoms. The molecule has 1 atom stereocenters. The van der Waals surface area contributed by atoms with Crippen LogP contribution in [0.4, 0.5) is 0 Å². The highest BCUT2D eigenvalue weighted by Crippen LogP contribution is 2.22. The fourth-order valence-corrected chi connectivity index (χ4v) is 3.38. The molecule has 144 valence electrons. The fraction of sp³-hybridized carbons (Fsp3) is 0.421. The number of guanidine groups is 1. The van der Waals surface area contributed by atoms with Gasteiger partial charge in [0.1, 0.15) is 5.75 Å². The molecule has 0 aliphatic rings. The maximum Gasteiger partial charge on any atom is 0.191 e. The van der Waals surface area contributed by atoms with E-state index in [0.717, 1.165) is 30.4 Å². The van der Waals surface area contributed by atoms with E-state index in [1.54, 1.807) is 18.4 Å². The number of ether oxygens (including phenoxy) is 1. The van der Waals surface area contributed by atoms with Crippen LogP contribution < -0.4 is 15.4 Å². The van der Waals surface area contributed by atoms with Gasteiger partial charge in [0, 0.05) is 18.0 Å². The molecule has 0 fully saturated rings. The Kier molecular flexibility index (Phi) is 10.6. The van der Waals surface area contributed by atoms with E-state index >= 15 is 0 Å². The number of likely N-dealkylation sites (N-methyl/N-ethyl adjacent to an activating group) is 1. The van der Waals surface area contributed by atoms with Crippen LogP contribution in [0.2, 0.25) is 0 Å². The zero-order valence-electron chi connectivity index (χ0n) is 15.9. The number of nitrogens with one attached hydrogen (secondary N) is 2. The van der Waals surface area contributed by atoms with E-state index in [4.69, 9.17) is 9.73 Å². The summed E-state index contributed by atoms with van der Waals surface area (Å²) in [6.45, 7) is 4.35. The standard InChI is InChI=1S/C19H28N4OS.HI/c1-5-20-19(21-13-15-8-10-16(24-4)11-9-15)22-14-17(23(2)3)18-7-6-12-25-18;/h6-12,17H,5,13-14H2,1-4H3,(H2,20,21,22);1H. The molecule has 0 amide bonds. The molecule has 1 aromatic carbocycles. The van der Waals surface area contributed by atoms with Gasteiger partial charge in [0.05, 0.1) is 19.7 Å². The number of aliphatic imine (C=N–C) groups is 1. The van der Waals surface area contributed by atoms with Crippen LogP contribution >= 0.6 is 35.3 Å². The topological polar surface area (TPSA) is 48.9 Å². The number of hydrogen-bond acceptors (Lipinski definition) is 4. The second-order valence-electron chi connectivity index (χ2n) is 5.92. The molecule has 0 spiro atoms. The van der Waals surface area contributed by atoms with Gasteiger partial charge in [-0.1, -0.05) is 18.2 Å². The SMILES string of the molecule is CCNC(=NCc1ccc(OC)cc1)NCC(c1cccs1)N(C)C.I. The van der Waals surface area contributed by atoms with Crippen LogP contribution in [0.5, 0.6) is 5.75 Å². The van der Waals surface area contributed by atoms with Crippen LogP contribution in [0.3, 0.4) is 0 Å². The Morgan fingerprint density at radius 1 is 1.19 bits per heavy atom. The van der Waals surface area contributed by atoms with Crippen LogP contribution in [-0.2, 0) is 6.54 Å². The minimum Gasteiger partial charge on any atom is -0.497 e. The number of thiophene rings is 1. The van der Waals surface area contributed by atoms with Gasteiger partial charge in [0.25, 0.3) is 0 Å². The Hall–Kier alpha value is -1.32. The number of halogens is 1. The van der Waals surface area contributed by atoms with Gasteiger partial charge < -0.3 is 20.3 Å². The third-order valence-corrected chi connectivity index (χ3v) is 4.85. The van der Waals surface area contributed by atoms with Crippen molar-refractivity contribution >= 4 is 41.3 Å². The number of nitrogens with zero attached hydrogens (tertiary/aromatic N) is 2. The normalized spacial score (nSPS) is 12.4. The van der Waals surface area contributed by atoms with Crippen LogP contribution in [0, 0.1) is 0 Å². The van der Waals surface area contributed by atoms with Gasteiger partial charge in [0.15, 0.2) is 5.96 Å². The van der Waals surface area contributed by atoms with Crippen molar-refractivity contribution in [2.45, 2.75) is 19.5 Å². The Labute approximate surface area is 177 Å². The third kappa shape index (κ3) is 7.13. The van der Waals surface area contributed by atoms with Gasteiger partial charge in [-0.25, -0.2) is 4.99 Å². The molecule has 1 unspecified atom stereocenters. The number of rotatable bonds is 8. The molecule has 0 aliphatic carbocycles. The Morgan fingerprint density at radius 3 is 2.46 bits per heavy atom. The molecule has 2 aromatic rings. The Balaban J connectivity index is 0.00000338. The van der Waals surface area contributed by atoms with E-state index in [1.807, 2.05) is 24.3 Å². The van der Waals surface area contributed by atoms with Crippen LogP contribution in [0.25, 0.3) is 0 Å². The summed E-state index contributed by atoms with van der Waals surface area (Å²) in [6, 6.07) is 12.6. The van der Waals surface area contributed by atoms with Crippen molar-refractivity contribution < 1.29 is 4.74 Å². The monoisotopic (exact) mass is 488 g/mol. The molecule has 0 saturated carbocycles. The number of methoxy groups -OCH3 is 1. The number of hydrogen-bond donors (Lipinski definition) is 2. The summed E-state index contributed by atoms with van der Waals surface area (Å²) in [5.74, 6) is 1.70. The molecule has 0 bridgehead atoms. The van der Waals surface area contributed by atoms with Gasteiger partial charge in [-0.05, 0) is 50.2 Å². The van der Waals surface area contributed by atoms with E-state index in [1.165, 1.54) is 4.88 Å². The molecule has 1 aromatic heterocycles. The molecule has 0 radical (unpaired) electrons. The number of benzene rings is 1. The minimum atomic E-state index is 0. The molecule has 1 heterocycles. The third-order valence-electron chi connectivity index (χ3n) is 3.88. The van der Waals surface area contributed by atoms with Crippen molar-refractivity contribution in [3.8, 4) is 5.75 Å². The lowest BCUT2D eigenvalue weighted by Crippen LogP contribution is -2.41. The quantitative estimate of drug-likeness (QED) is 0.338. The molecule has 0 aliphatic heterocycles. The summed E-state index contributed by atoms with van der Waals surface area (Å²) in [6.07, 6.45) is 0. The zero-order chi connectivity index (χ0) is 18.1. The fourth-order valence-electron chi connectivity index (χ4n) is 2.45. The molecule has 2 N–H and O–H groups in total. The molecular weight excluding hydrogens is 459 g/mol. The summed E-state index contributed by atoms with van der Waals surface area (Å²) in [5.41, 5.74) is 1.15. The first kappa shape index (κ1) is 22.7. The second-order valence-corrected chi connectivity index (χ2v) is 6.90. The zero-order valence-corrected chi connectivity index (χ0v) is 19.0. The van der Waals surface area contributed by atoms with E-state index in [2.05, 4.69) is 54.1 Å². The maximum absolute atomic E-state index is 5.19. The molecule has 0 saturated heterocycles. The Morgan fingerprint density at radius 2 is 1.92 bits per heavy atom. The van der Waals surface area contributed by atoms with Gasteiger partial charge in [-0.15, -0.1) is 35.3 Å². The predicted octanol–water partition coefficient (Wildman–Crippen LogP) is 3.73. The van der Waals surface area contributed by atoms with Gasteiger partial charge >= 0.3 is 0 Å². The van der Waals surface area contributed by atoms with Crippen molar-refractivity contribution in [2.24, 2.45) is 4.99 Å². The minimum absolute atomic E-state index is 0. The van der Waals surface area contributed by atoms with Crippen molar-refractivity contribution in [3.05, 3.63) is 52.2 Å². The molecule has 26 heavy (non-hydrogen) atoms. The molecule has 2 rings (SSSR count). The van der Waals surface area contributed by atoms with Crippen molar-refractivity contribution in [2.75, 3.05) is 34.3 Å². The predicted molar refractivity (Wildman–Crippen MR) is 122 cm³/mol. The average molecular weight is 488 g/mol. The van der Waals surface area contributed by atoms with E-state index in [9.17, 15) is 0 Å². The lowest BCUT2D eigenvalue weighted by molar-refractivity contribution is 0.302. The smallest absolute Gasteiger partial charge is 0.191 e. The van der Waals surface area contributed by atoms with Crippen LogP contribution in [0.1, 0.15) is 23.4 Å². The van der Waals surface area contributed by atoms with E-state index in [0.29, 0.717) is 12.6 Å². The van der Waals surface area contributed by atoms with Crippen molar-refractivity contribution in [3.63, 3.8) is 0 Å². The van der Waals surface area contributed by atoms with Gasteiger partial charge in [-0.3, -0.25) is 0 Å². The summed E-state index contributed by atoms with van der Waals surface area (Å²) < 4.78 is 5.19. The summed E-state index contributed by atoms with van der Waals surface area (Å²) in [4.78, 5) is 8.27. The summed E-state index contributed by atoms with van der Waals surface area (Å²) in [5, 5.41) is 8.90. The highest BCUT2D eigenvalue weighted by atomic mass is 127. The van der Waals surface area contributed by atoms with Gasteiger partial charge in [-0.2, -0.15) is 0 Å². The summed E-state index contributed by atoms with van der Waals surface area (Å²) >= 11 is 1.78. The molecular formula is C19H29IN4OS. The van der Waals surface area contributed by atoms with Crippen molar-refractivity contribution in [1.29, 1.82) is 0 Å². The lowest BCUT2D eigenvalue weighted by Gasteiger charge is -2.24. The first-order valence-electron chi connectivity index (χ1n) is 8.49. The van der Waals surface area contributed by atoms with E-state index in [-0.39, 0.29) is 24.0 Å². The maximum atomic E-state index is 5.19. The summed E-state index contributed by atoms with van der Waals surface area (Å²) in [7, 11) is 5.89. The van der Waals surface area contributed by atoms with Crippen LogP contribution in [0.15, 0.2) is 46.8 Å². The average Bonchev–Trinajstić information content (AvgIpc) is 3.14. The first-order chi connectivity index (χ1) is 12.1. The largest absolute Gasteiger partial charge is 0.497 e. The Bertz CT molecular complexity index is 644. The van der Waals surface area contributed by atoms with Crippen molar-refractivity contribution in [1.82, 2.24) is 15.5 Å². The van der Waals surface area contributed by atoms with E-state index < -0.39 is 0 Å². The first-order valence-corrected chi connectivity index (χ1v) is 9.37. The second kappa shape index (κ2) is 12.1. The van der Waals surface area contributed by atoms with Crippen LogP contribution in [-0.4, -0.2) is 45.2 Å². The lowest BCUT2D eigenvalue weighted by atomic mass is 10.2. The molecule has 5 nitrogen and oxygen atoms in total. The highest BCUT2D eigenvalue weighted by Gasteiger charge is 2.15.